The lowest BCUT2D eigenvalue weighted by molar-refractivity contribution is -0.126. The van der Waals surface area contributed by atoms with Crippen molar-refractivity contribution >= 4 is 5.91 Å². The predicted molar refractivity (Wildman–Crippen MR) is 81.1 cm³/mol. The highest BCUT2D eigenvalue weighted by atomic mass is 16.5. The number of amides is 1. The zero-order chi connectivity index (χ0) is 16.0. The van der Waals surface area contributed by atoms with Crippen molar-refractivity contribution in [1.82, 2.24) is 10.6 Å². The molecule has 1 aromatic carbocycles. The molecule has 6 nitrogen and oxygen atoms in total. The molecule has 1 rings (SSSR count). The Morgan fingerprint density at radius 1 is 1.10 bits per heavy atom. The zero-order valence-electron chi connectivity index (χ0n) is 13.5. The maximum absolute atomic E-state index is 12.0. The maximum Gasteiger partial charge on any atom is 0.239 e. The largest absolute Gasteiger partial charge is 0.493 e. The molecular formula is C15H24N2O4. The lowest BCUT2D eigenvalue weighted by Gasteiger charge is -2.23. The first-order valence-corrected chi connectivity index (χ1v) is 6.65. The molecule has 0 aliphatic rings. The Kier molecular flexibility index (Phi) is 5.84. The molecule has 21 heavy (non-hydrogen) atoms. The smallest absolute Gasteiger partial charge is 0.239 e. The quantitative estimate of drug-likeness (QED) is 0.794. The van der Waals surface area contributed by atoms with Crippen LogP contribution in [0.5, 0.6) is 17.2 Å². The minimum absolute atomic E-state index is 0.0845. The summed E-state index contributed by atoms with van der Waals surface area (Å²) in [7, 11) is 6.42. The number of carbonyl (C=O) groups excluding carboxylic acids is 1. The van der Waals surface area contributed by atoms with Gasteiger partial charge in [-0.05, 0) is 38.6 Å². The molecule has 0 aliphatic carbocycles. The van der Waals surface area contributed by atoms with Gasteiger partial charge in [0.25, 0.3) is 0 Å². The van der Waals surface area contributed by atoms with E-state index >= 15 is 0 Å². The topological polar surface area (TPSA) is 68.8 Å². The lowest BCUT2D eigenvalue weighted by atomic mass is 10.0. The summed E-state index contributed by atoms with van der Waals surface area (Å²) in [5.41, 5.74) is 0.241. The van der Waals surface area contributed by atoms with Gasteiger partial charge in [0.2, 0.25) is 11.7 Å². The van der Waals surface area contributed by atoms with Crippen molar-refractivity contribution in [1.29, 1.82) is 0 Å². The van der Waals surface area contributed by atoms with Gasteiger partial charge >= 0.3 is 0 Å². The fourth-order valence-electron chi connectivity index (χ4n) is 1.75. The summed E-state index contributed by atoms with van der Waals surface area (Å²) in [5, 5.41) is 5.84. The number of methoxy groups -OCH3 is 3. The highest BCUT2D eigenvalue weighted by Gasteiger charge is 2.24. The second-order valence-electron chi connectivity index (χ2n) is 5.09. The number of carbonyl (C=O) groups is 1. The van der Waals surface area contributed by atoms with E-state index in [9.17, 15) is 4.79 Å². The highest BCUT2D eigenvalue weighted by Crippen LogP contribution is 2.38. The SMILES string of the molecule is CNC(C)(C)C(=O)NCc1cc(OC)c(OC)c(OC)c1. The monoisotopic (exact) mass is 296 g/mol. The first-order valence-electron chi connectivity index (χ1n) is 6.65. The number of hydrogen-bond acceptors (Lipinski definition) is 5. The van der Waals surface area contributed by atoms with Crippen molar-refractivity contribution in [2.24, 2.45) is 0 Å². The minimum atomic E-state index is -0.624. The summed E-state index contributed by atoms with van der Waals surface area (Å²) in [6.07, 6.45) is 0. The van der Waals surface area contributed by atoms with Crippen molar-refractivity contribution in [2.45, 2.75) is 25.9 Å². The van der Waals surface area contributed by atoms with E-state index in [1.54, 1.807) is 28.4 Å². The van der Waals surface area contributed by atoms with Crippen LogP contribution in [0.4, 0.5) is 0 Å². The van der Waals surface area contributed by atoms with Gasteiger partial charge in [0.15, 0.2) is 11.5 Å². The number of ether oxygens (including phenoxy) is 3. The van der Waals surface area contributed by atoms with Gasteiger partial charge in [-0.2, -0.15) is 0 Å². The van der Waals surface area contributed by atoms with Crippen LogP contribution in [-0.4, -0.2) is 39.8 Å². The summed E-state index contributed by atoms with van der Waals surface area (Å²) in [4.78, 5) is 12.0. The van der Waals surface area contributed by atoms with Gasteiger partial charge in [0.1, 0.15) is 0 Å². The molecular weight excluding hydrogens is 272 g/mol. The number of rotatable bonds is 7. The van der Waals surface area contributed by atoms with Crippen LogP contribution in [0.3, 0.4) is 0 Å². The van der Waals surface area contributed by atoms with Crippen molar-refractivity contribution < 1.29 is 19.0 Å². The molecule has 0 bridgehead atoms. The molecule has 1 aromatic rings. The van der Waals surface area contributed by atoms with Gasteiger partial charge in [0, 0.05) is 6.54 Å². The summed E-state index contributed by atoms with van der Waals surface area (Å²) in [6.45, 7) is 4.01. The fraction of sp³-hybridized carbons (Fsp3) is 0.533. The highest BCUT2D eigenvalue weighted by molar-refractivity contribution is 5.85. The van der Waals surface area contributed by atoms with E-state index in [0.29, 0.717) is 23.8 Å². The summed E-state index contributed by atoms with van der Waals surface area (Å²) < 4.78 is 15.8. The van der Waals surface area contributed by atoms with E-state index in [2.05, 4.69) is 10.6 Å². The van der Waals surface area contributed by atoms with Crippen LogP contribution in [0.25, 0.3) is 0 Å². The van der Waals surface area contributed by atoms with E-state index in [0.717, 1.165) is 5.56 Å². The van der Waals surface area contributed by atoms with Gasteiger partial charge in [-0.15, -0.1) is 0 Å². The zero-order valence-corrected chi connectivity index (χ0v) is 13.5. The van der Waals surface area contributed by atoms with E-state index in [4.69, 9.17) is 14.2 Å². The molecule has 0 aliphatic heterocycles. The summed E-state index contributed by atoms with van der Waals surface area (Å²) >= 11 is 0. The van der Waals surface area contributed by atoms with Crippen molar-refractivity contribution in [3.8, 4) is 17.2 Å². The molecule has 0 atom stereocenters. The third kappa shape index (κ3) is 4.01. The number of hydrogen-bond donors (Lipinski definition) is 2. The Hall–Kier alpha value is -1.95. The first-order chi connectivity index (χ1) is 9.89. The average Bonchev–Trinajstić information content (AvgIpc) is 2.50. The third-order valence-electron chi connectivity index (χ3n) is 3.37. The molecule has 0 fully saturated rings. The van der Waals surface area contributed by atoms with Crippen LogP contribution in [0.2, 0.25) is 0 Å². The predicted octanol–water partition coefficient (Wildman–Crippen LogP) is 1.33. The van der Waals surface area contributed by atoms with E-state index < -0.39 is 5.54 Å². The fourth-order valence-corrected chi connectivity index (χ4v) is 1.75. The van der Waals surface area contributed by atoms with Gasteiger partial charge in [-0.3, -0.25) is 4.79 Å². The molecule has 6 heteroatoms. The van der Waals surface area contributed by atoms with Gasteiger partial charge in [-0.1, -0.05) is 0 Å². The Morgan fingerprint density at radius 3 is 2.00 bits per heavy atom. The van der Waals surface area contributed by atoms with Gasteiger partial charge in [0.05, 0.1) is 26.9 Å². The Balaban J connectivity index is 2.92. The van der Waals surface area contributed by atoms with Crippen LogP contribution in [-0.2, 0) is 11.3 Å². The Morgan fingerprint density at radius 2 is 1.62 bits per heavy atom. The van der Waals surface area contributed by atoms with E-state index in [1.807, 2.05) is 26.0 Å². The van der Waals surface area contributed by atoms with Crippen molar-refractivity contribution in [3.63, 3.8) is 0 Å². The van der Waals surface area contributed by atoms with Gasteiger partial charge < -0.3 is 24.8 Å². The number of likely N-dealkylation sites (N-methyl/N-ethyl adjacent to an activating group) is 1. The maximum atomic E-state index is 12.0. The molecule has 0 heterocycles. The minimum Gasteiger partial charge on any atom is -0.493 e. The Labute approximate surface area is 125 Å². The third-order valence-corrected chi connectivity index (χ3v) is 3.37. The van der Waals surface area contributed by atoms with Gasteiger partial charge in [-0.25, -0.2) is 0 Å². The summed E-state index contributed by atoms with van der Waals surface area (Å²) in [6, 6.07) is 3.63. The lowest BCUT2D eigenvalue weighted by Crippen LogP contribution is -2.50. The number of nitrogens with one attached hydrogen (secondary N) is 2. The molecule has 118 valence electrons. The normalized spacial score (nSPS) is 11.0. The molecule has 0 saturated heterocycles. The second-order valence-corrected chi connectivity index (χ2v) is 5.09. The second kappa shape index (κ2) is 7.17. The molecule has 0 aromatic heterocycles. The van der Waals surface area contributed by atoms with Crippen LogP contribution in [0, 0.1) is 0 Å². The molecule has 2 N–H and O–H groups in total. The van der Waals surface area contributed by atoms with E-state index in [-0.39, 0.29) is 5.91 Å². The van der Waals surface area contributed by atoms with Crippen LogP contribution >= 0.6 is 0 Å². The van der Waals surface area contributed by atoms with Crippen molar-refractivity contribution in [2.75, 3.05) is 28.4 Å². The molecule has 0 spiro atoms. The molecule has 1 amide bonds. The molecule has 0 saturated carbocycles. The Bertz CT molecular complexity index is 475. The standard InChI is InChI=1S/C15H24N2O4/c1-15(2,16-3)14(18)17-9-10-7-11(19-4)13(21-6)12(8-10)20-5/h7-8,16H,9H2,1-6H3,(H,17,18). The number of benzene rings is 1. The molecule has 0 unspecified atom stereocenters. The average molecular weight is 296 g/mol. The van der Waals surface area contributed by atoms with Crippen molar-refractivity contribution in [3.05, 3.63) is 17.7 Å². The molecule has 0 radical (unpaired) electrons. The van der Waals surface area contributed by atoms with Crippen LogP contribution < -0.4 is 24.8 Å². The van der Waals surface area contributed by atoms with E-state index in [1.165, 1.54) is 0 Å². The van der Waals surface area contributed by atoms with Crippen LogP contribution in [0.15, 0.2) is 12.1 Å². The van der Waals surface area contributed by atoms with Crippen LogP contribution in [0.1, 0.15) is 19.4 Å². The summed E-state index contributed by atoms with van der Waals surface area (Å²) in [5.74, 6) is 1.58. The first kappa shape index (κ1) is 17.1.